The van der Waals surface area contributed by atoms with E-state index in [1.165, 1.54) is 26.4 Å². The lowest BCUT2D eigenvalue weighted by molar-refractivity contribution is -0.126. The number of fused-ring (bicyclic) bond motifs is 1. The first-order chi connectivity index (χ1) is 16.8. The number of pyridine rings is 1. The summed E-state index contributed by atoms with van der Waals surface area (Å²) in [5, 5.41) is 0. The minimum Gasteiger partial charge on any atom is -0.497 e. The standard InChI is InChI=1S/C25H30FN3O6/c1-27-13-16(10-22(27)30)15-35-21-12-23(31)29-9-8-28(7-6-20(29)24(21)25(32)34-3)14-17-11-18(33-2)4-5-19(17)26/h4-5,11-12,16H,6-10,13-15H2,1-3H3/t16-/m1/s1. The highest BCUT2D eigenvalue weighted by molar-refractivity contribution is 5.93. The Bertz CT molecular complexity index is 1180. The van der Waals surface area contributed by atoms with Gasteiger partial charge in [-0.15, -0.1) is 0 Å². The van der Waals surface area contributed by atoms with Gasteiger partial charge in [0.05, 0.1) is 20.8 Å². The van der Waals surface area contributed by atoms with E-state index < -0.39 is 5.97 Å². The van der Waals surface area contributed by atoms with Gasteiger partial charge in [-0.1, -0.05) is 0 Å². The first-order valence-electron chi connectivity index (χ1n) is 11.6. The minimum atomic E-state index is -0.587. The zero-order valence-corrected chi connectivity index (χ0v) is 20.2. The van der Waals surface area contributed by atoms with E-state index in [0.717, 1.165) is 0 Å². The van der Waals surface area contributed by atoms with Gasteiger partial charge >= 0.3 is 5.97 Å². The summed E-state index contributed by atoms with van der Waals surface area (Å²) in [5.74, 6) is -0.153. The predicted molar refractivity (Wildman–Crippen MR) is 125 cm³/mol. The molecule has 0 spiro atoms. The molecule has 9 nitrogen and oxygen atoms in total. The molecule has 1 amide bonds. The van der Waals surface area contributed by atoms with Crippen LogP contribution in [-0.4, -0.2) is 73.8 Å². The molecule has 1 aromatic carbocycles. The molecule has 0 aliphatic carbocycles. The highest BCUT2D eigenvalue weighted by Crippen LogP contribution is 2.27. The molecule has 1 fully saturated rings. The second-order valence-corrected chi connectivity index (χ2v) is 8.95. The monoisotopic (exact) mass is 487 g/mol. The van der Waals surface area contributed by atoms with E-state index in [1.807, 2.05) is 4.90 Å². The Labute approximate surface area is 203 Å². The van der Waals surface area contributed by atoms with Crippen LogP contribution in [0.15, 0.2) is 29.1 Å². The Morgan fingerprint density at radius 2 is 1.94 bits per heavy atom. The number of amides is 1. The molecule has 0 radical (unpaired) electrons. The van der Waals surface area contributed by atoms with Gasteiger partial charge in [0.15, 0.2) is 0 Å². The van der Waals surface area contributed by atoms with Crippen molar-refractivity contribution in [2.24, 2.45) is 5.92 Å². The first kappa shape index (κ1) is 24.7. The lowest BCUT2D eigenvalue weighted by atomic mass is 10.1. The smallest absolute Gasteiger partial charge is 0.343 e. The van der Waals surface area contributed by atoms with Gasteiger partial charge in [0.1, 0.15) is 22.9 Å². The SMILES string of the molecule is COC(=O)c1c(OC[C@@H]2CC(=O)N(C)C2)cc(=O)n2c1CCN(Cc1cc(OC)ccc1F)CC2. The quantitative estimate of drug-likeness (QED) is 0.549. The minimum absolute atomic E-state index is 0.0205. The van der Waals surface area contributed by atoms with Crippen molar-refractivity contribution in [3.8, 4) is 11.5 Å². The molecule has 3 heterocycles. The molecule has 35 heavy (non-hydrogen) atoms. The molecule has 0 bridgehead atoms. The van der Waals surface area contributed by atoms with Crippen molar-refractivity contribution in [3.63, 3.8) is 0 Å². The average molecular weight is 488 g/mol. The molecule has 4 rings (SSSR count). The highest BCUT2D eigenvalue weighted by Gasteiger charge is 2.30. The molecule has 2 aliphatic heterocycles. The molecule has 2 aromatic rings. The lowest BCUT2D eigenvalue weighted by Crippen LogP contribution is -2.29. The van der Waals surface area contributed by atoms with Crippen LogP contribution in [-0.2, 0) is 29.0 Å². The van der Waals surface area contributed by atoms with Crippen LogP contribution in [0.2, 0.25) is 0 Å². The van der Waals surface area contributed by atoms with Crippen LogP contribution in [0.3, 0.4) is 0 Å². The van der Waals surface area contributed by atoms with Crippen LogP contribution in [0.1, 0.15) is 28.0 Å². The van der Waals surface area contributed by atoms with Gasteiger partial charge in [-0.3, -0.25) is 14.5 Å². The maximum Gasteiger partial charge on any atom is 0.343 e. The molecule has 1 aromatic heterocycles. The Balaban J connectivity index is 1.57. The highest BCUT2D eigenvalue weighted by atomic mass is 19.1. The summed E-state index contributed by atoms with van der Waals surface area (Å²) in [6, 6.07) is 5.92. The lowest BCUT2D eigenvalue weighted by Gasteiger charge is -2.20. The van der Waals surface area contributed by atoms with Crippen molar-refractivity contribution in [3.05, 3.63) is 57.3 Å². The number of halogens is 1. The van der Waals surface area contributed by atoms with E-state index in [0.29, 0.717) is 62.6 Å². The van der Waals surface area contributed by atoms with Gasteiger partial charge in [-0.05, 0) is 18.2 Å². The van der Waals surface area contributed by atoms with Gasteiger partial charge in [-0.2, -0.15) is 0 Å². The molecule has 2 aliphatic rings. The largest absolute Gasteiger partial charge is 0.497 e. The summed E-state index contributed by atoms with van der Waals surface area (Å²) in [7, 11) is 4.55. The van der Waals surface area contributed by atoms with Crippen molar-refractivity contribution in [2.75, 3.05) is 47.5 Å². The fourth-order valence-electron chi connectivity index (χ4n) is 4.70. The Hall–Kier alpha value is -3.40. The number of hydrogen-bond acceptors (Lipinski definition) is 7. The van der Waals surface area contributed by atoms with Gasteiger partial charge in [0, 0.05) is 75.9 Å². The van der Waals surface area contributed by atoms with Crippen LogP contribution in [0.25, 0.3) is 0 Å². The Morgan fingerprint density at radius 1 is 1.14 bits per heavy atom. The molecular formula is C25H30FN3O6. The number of likely N-dealkylation sites (tertiary alicyclic amines) is 1. The molecular weight excluding hydrogens is 457 g/mol. The number of rotatable bonds is 7. The fourth-order valence-corrected chi connectivity index (χ4v) is 4.70. The van der Waals surface area contributed by atoms with Crippen LogP contribution in [0, 0.1) is 11.7 Å². The number of hydrogen-bond donors (Lipinski definition) is 0. The number of ether oxygens (including phenoxy) is 3. The average Bonchev–Trinajstić information content (AvgIpc) is 3.03. The zero-order valence-electron chi connectivity index (χ0n) is 20.2. The molecule has 188 valence electrons. The summed E-state index contributed by atoms with van der Waals surface area (Å²) in [6.45, 7) is 2.46. The van der Waals surface area contributed by atoms with E-state index in [-0.39, 0.29) is 41.1 Å². The molecule has 1 atom stereocenters. The third kappa shape index (κ3) is 5.32. The maximum atomic E-state index is 14.4. The fraction of sp³-hybridized carbons (Fsp3) is 0.480. The van der Waals surface area contributed by atoms with Crippen molar-refractivity contribution in [1.82, 2.24) is 14.4 Å². The number of esters is 1. The molecule has 0 unspecified atom stereocenters. The normalized spacial score (nSPS) is 18.2. The number of benzene rings is 1. The second-order valence-electron chi connectivity index (χ2n) is 8.95. The number of methoxy groups -OCH3 is 2. The summed E-state index contributed by atoms with van der Waals surface area (Å²) >= 11 is 0. The van der Waals surface area contributed by atoms with Crippen molar-refractivity contribution < 1.29 is 28.2 Å². The van der Waals surface area contributed by atoms with Crippen LogP contribution in [0.5, 0.6) is 11.5 Å². The molecule has 10 heteroatoms. The van der Waals surface area contributed by atoms with Crippen molar-refractivity contribution in [1.29, 1.82) is 0 Å². The predicted octanol–water partition coefficient (Wildman–Crippen LogP) is 1.70. The Morgan fingerprint density at radius 3 is 2.63 bits per heavy atom. The zero-order chi connectivity index (χ0) is 25.1. The summed E-state index contributed by atoms with van der Waals surface area (Å²) in [6.07, 6.45) is 0.747. The topological polar surface area (TPSA) is 90.3 Å². The second kappa shape index (κ2) is 10.5. The third-order valence-corrected chi connectivity index (χ3v) is 6.62. The molecule has 1 saturated heterocycles. The third-order valence-electron chi connectivity index (χ3n) is 6.62. The van der Waals surface area contributed by atoms with Gasteiger partial charge in [0.2, 0.25) is 5.91 Å². The van der Waals surface area contributed by atoms with Gasteiger partial charge in [-0.25, -0.2) is 9.18 Å². The number of carbonyl (C=O) groups is 2. The van der Waals surface area contributed by atoms with Gasteiger partial charge < -0.3 is 23.7 Å². The van der Waals surface area contributed by atoms with E-state index in [2.05, 4.69) is 0 Å². The number of nitrogens with zero attached hydrogens (tertiary/aromatic N) is 3. The number of aromatic nitrogens is 1. The van der Waals surface area contributed by atoms with E-state index in [4.69, 9.17) is 14.2 Å². The van der Waals surface area contributed by atoms with Gasteiger partial charge in [0.25, 0.3) is 5.56 Å². The molecule has 0 saturated carbocycles. The van der Waals surface area contributed by atoms with Crippen molar-refractivity contribution >= 4 is 11.9 Å². The van der Waals surface area contributed by atoms with E-state index in [9.17, 15) is 18.8 Å². The Kier molecular flexibility index (Phi) is 7.39. The van der Waals surface area contributed by atoms with Crippen molar-refractivity contribution in [2.45, 2.75) is 25.9 Å². The number of carbonyl (C=O) groups excluding carboxylic acids is 2. The van der Waals surface area contributed by atoms with E-state index >= 15 is 0 Å². The van der Waals surface area contributed by atoms with Crippen LogP contribution >= 0.6 is 0 Å². The molecule has 0 N–H and O–H groups in total. The first-order valence-corrected chi connectivity index (χ1v) is 11.6. The van der Waals surface area contributed by atoms with Crippen LogP contribution < -0.4 is 15.0 Å². The van der Waals surface area contributed by atoms with Crippen LogP contribution in [0.4, 0.5) is 4.39 Å². The summed E-state index contributed by atoms with van der Waals surface area (Å²) in [5.41, 5.74) is 0.972. The van der Waals surface area contributed by atoms with E-state index in [1.54, 1.807) is 28.6 Å². The summed E-state index contributed by atoms with van der Waals surface area (Å²) in [4.78, 5) is 41.2. The maximum absolute atomic E-state index is 14.4. The summed E-state index contributed by atoms with van der Waals surface area (Å²) < 4.78 is 32.1.